The van der Waals surface area contributed by atoms with Crippen LogP contribution in [0.15, 0.2) is 21.0 Å². The monoisotopic (exact) mass is 321 g/mol. The number of rotatable bonds is 2. The van der Waals surface area contributed by atoms with Gasteiger partial charge in [-0.1, -0.05) is 0 Å². The van der Waals surface area contributed by atoms with E-state index in [1.54, 1.807) is 33.6 Å². The van der Waals surface area contributed by atoms with E-state index in [0.29, 0.717) is 0 Å². The molecule has 1 fully saturated rings. The molecule has 0 heterocycles. The summed E-state index contributed by atoms with van der Waals surface area (Å²) in [7, 11) is 0. The van der Waals surface area contributed by atoms with Gasteiger partial charge in [0.1, 0.15) is 0 Å². The number of allylic oxidation sites excluding steroid dienone is 4. The first-order valence-electron chi connectivity index (χ1n) is 5.46. The second-order valence-corrected chi connectivity index (χ2v) is 5.80. The van der Waals surface area contributed by atoms with Crippen LogP contribution in [0, 0.1) is 5.92 Å². The van der Waals surface area contributed by atoms with Gasteiger partial charge in [-0.3, -0.25) is 0 Å². The molecular formula is C12H17Cl2Zr. The Bertz CT molecular complexity index is 240. The van der Waals surface area contributed by atoms with Crippen molar-refractivity contribution in [2.24, 2.45) is 5.92 Å². The molecule has 0 nitrogen and oxygen atoms in total. The van der Waals surface area contributed by atoms with Crippen LogP contribution in [0.25, 0.3) is 0 Å². The minimum atomic E-state index is 0. The molecule has 0 radical (unpaired) electrons. The summed E-state index contributed by atoms with van der Waals surface area (Å²) < 4.78 is 1.71. The second-order valence-electron chi connectivity index (χ2n) is 4.32. The van der Waals surface area contributed by atoms with Crippen molar-refractivity contribution in [1.82, 2.24) is 0 Å². The third-order valence-electron chi connectivity index (χ3n) is 3.26. The fourth-order valence-electron chi connectivity index (χ4n) is 2.44. The summed E-state index contributed by atoms with van der Waals surface area (Å²) in [6.45, 7) is 0. The maximum atomic E-state index is 2.37. The zero-order valence-corrected chi connectivity index (χ0v) is 12.9. The summed E-state index contributed by atoms with van der Waals surface area (Å²) in [4.78, 5) is 0. The molecular weight excluding hydrogens is 306 g/mol. The number of halogens is 2. The molecule has 0 unspecified atom stereocenters. The summed E-state index contributed by atoms with van der Waals surface area (Å²) in [5, 5.41) is 0. The summed E-state index contributed by atoms with van der Waals surface area (Å²) >= 11 is 1.64. The van der Waals surface area contributed by atoms with Crippen molar-refractivity contribution >= 4 is 0 Å². The summed E-state index contributed by atoms with van der Waals surface area (Å²) in [5.41, 5.74) is 1.69. The van der Waals surface area contributed by atoms with Crippen molar-refractivity contribution in [2.75, 3.05) is 0 Å². The zero-order chi connectivity index (χ0) is 9.10. The predicted molar refractivity (Wildman–Crippen MR) is 52.0 cm³/mol. The van der Waals surface area contributed by atoms with Gasteiger partial charge in [0.2, 0.25) is 0 Å². The van der Waals surface area contributed by atoms with E-state index in [1.165, 1.54) is 44.9 Å². The van der Waals surface area contributed by atoms with Gasteiger partial charge in [-0.05, 0) is 0 Å². The third-order valence-corrected chi connectivity index (χ3v) is 4.55. The van der Waals surface area contributed by atoms with Gasteiger partial charge in [-0.25, -0.2) is 0 Å². The van der Waals surface area contributed by atoms with Crippen LogP contribution in [-0.2, 0) is 24.7 Å². The number of hydrogen-bond acceptors (Lipinski definition) is 0. The molecule has 0 atom stereocenters. The Kier molecular flexibility index (Phi) is 8.60. The summed E-state index contributed by atoms with van der Waals surface area (Å²) in [5.74, 6) is 1.02. The Hall–Kier alpha value is 0.943. The van der Waals surface area contributed by atoms with Crippen LogP contribution in [0.1, 0.15) is 44.9 Å². The van der Waals surface area contributed by atoms with Crippen molar-refractivity contribution in [3.05, 3.63) is 21.0 Å². The molecule has 2 aliphatic carbocycles. The van der Waals surface area contributed by atoms with Gasteiger partial charge < -0.3 is 24.8 Å². The Morgan fingerprint density at radius 1 is 1.13 bits per heavy atom. The molecule has 2 rings (SSSR count). The summed E-state index contributed by atoms with van der Waals surface area (Å²) in [6.07, 6.45) is 14.8. The first kappa shape index (κ1) is 15.9. The van der Waals surface area contributed by atoms with Crippen LogP contribution in [-0.4, -0.2) is 0 Å². The van der Waals surface area contributed by atoms with E-state index < -0.39 is 0 Å². The van der Waals surface area contributed by atoms with E-state index in [9.17, 15) is 0 Å². The fraction of sp³-hybridized carbons (Fsp3) is 0.667. The third kappa shape index (κ3) is 4.76. The molecule has 0 N–H and O–H groups in total. The van der Waals surface area contributed by atoms with Crippen LogP contribution >= 0.6 is 0 Å². The first-order chi connectivity index (χ1) is 6.36. The Morgan fingerprint density at radius 2 is 1.80 bits per heavy atom. The molecule has 0 aromatic heterocycles. The Labute approximate surface area is 121 Å². The van der Waals surface area contributed by atoms with E-state index in [1.807, 2.05) is 0 Å². The van der Waals surface area contributed by atoms with Crippen LogP contribution in [0.4, 0.5) is 0 Å². The normalized spacial score (nSPS) is 21.2. The molecule has 0 aliphatic heterocycles. The van der Waals surface area contributed by atoms with Crippen LogP contribution in [0.3, 0.4) is 0 Å². The average Bonchev–Trinajstić information content (AvgIpc) is 2.54. The van der Waals surface area contributed by atoms with Gasteiger partial charge in [0.15, 0.2) is 0 Å². The predicted octanol–water partition coefficient (Wildman–Crippen LogP) is -2.27. The molecule has 0 spiro atoms. The van der Waals surface area contributed by atoms with Gasteiger partial charge in [0, 0.05) is 0 Å². The molecule has 0 bridgehead atoms. The molecule has 0 saturated heterocycles. The van der Waals surface area contributed by atoms with E-state index in [0.717, 1.165) is 5.92 Å². The molecule has 2 aliphatic rings. The quantitative estimate of drug-likeness (QED) is 0.538. The van der Waals surface area contributed by atoms with Gasteiger partial charge in [0.05, 0.1) is 0 Å². The van der Waals surface area contributed by atoms with E-state index in [2.05, 4.69) is 12.2 Å². The molecule has 0 aromatic carbocycles. The van der Waals surface area contributed by atoms with Crippen LogP contribution in [0.2, 0.25) is 0 Å². The van der Waals surface area contributed by atoms with Gasteiger partial charge in [-0.15, -0.1) is 0 Å². The standard InChI is InChI=1S/C12H17.2ClH.Zr/c1-2-6-11(7-3-1)10-12-8-4-5-9-12;;;/h4,8,11H,1-3,5-7,10H2;2*1H;/q;;;+2/p-2. The first-order valence-corrected chi connectivity index (χ1v) is 6.69. The van der Waals surface area contributed by atoms with Crippen LogP contribution < -0.4 is 24.8 Å². The average molecular weight is 323 g/mol. The molecule has 0 amide bonds. The molecule has 15 heavy (non-hydrogen) atoms. The Morgan fingerprint density at radius 3 is 2.33 bits per heavy atom. The van der Waals surface area contributed by atoms with Gasteiger partial charge in [-0.2, -0.15) is 0 Å². The zero-order valence-electron chi connectivity index (χ0n) is 8.94. The Balaban J connectivity index is 0.000000980. The van der Waals surface area contributed by atoms with Gasteiger partial charge >= 0.3 is 96.6 Å². The molecule has 1 saturated carbocycles. The van der Waals surface area contributed by atoms with Crippen molar-refractivity contribution in [3.63, 3.8) is 0 Å². The SMILES string of the molecule is [Cl-].[Cl-].[Zr+2][C]1=C(CC2CCCCC2)C=CC1. The molecule has 0 aromatic rings. The topological polar surface area (TPSA) is 0 Å². The van der Waals surface area contributed by atoms with Crippen LogP contribution in [0.5, 0.6) is 0 Å². The van der Waals surface area contributed by atoms with Crippen molar-refractivity contribution in [1.29, 1.82) is 0 Å². The molecule has 83 valence electrons. The van der Waals surface area contributed by atoms with E-state index in [4.69, 9.17) is 0 Å². The van der Waals surface area contributed by atoms with Gasteiger partial charge in [0.25, 0.3) is 0 Å². The van der Waals surface area contributed by atoms with Crippen molar-refractivity contribution < 1.29 is 49.5 Å². The molecule has 3 heteroatoms. The van der Waals surface area contributed by atoms with Crippen molar-refractivity contribution in [3.8, 4) is 0 Å². The van der Waals surface area contributed by atoms with Crippen molar-refractivity contribution in [2.45, 2.75) is 44.9 Å². The summed E-state index contributed by atoms with van der Waals surface area (Å²) in [6, 6.07) is 0. The fourth-order valence-corrected chi connectivity index (χ4v) is 3.19. The van der Waals surface area contributed by atoms with E-state index >= 15 is 0 Å². The van der Waals surface area contributed by atoms with E-state index in [-0.39, 0.29) is 24.8 Å². The second kappa shape index (κ2) is 8.10. The maximum absolute atomic E-state index is 2.37. The number of hydrogen-bond donors (Lipinski definition) is 0. The minimum absolute atomic E-state index is 0.